The van der Waals surface area contributed by atoms with Crippen molar-refractivity contribution in [1.82, 2.24) is 0 Å². The van der Waals surface area contributed by atoms with Crippen LogP contribution in [-0.2, 0) is 27.4 Å². The Morgan fingerprint density at radius 3 is 1.92 bits per heavy atom. The zero-order chi connectivity index (χ0) is 17.4. The quantitative estimate of drug-likeness (QED) is 0.738. The van der Waals surface area contributed by atoms with Gasteiger partial charge in [0.05, 0.1) is 12.8 Å². The van der Waals surface area contributed by atoms with Crippen molar-refractivity contribution >= 4 is 11.9 Å². The van der Waals surface area contributed by atoms with E-state index in [-0.39, 0.29) is 19.4 Å². The predicted octanol–water partition coefficient (Wildman–Crippen LogP) is 4.21. The molecule has 0 aromatic heterocycles. The van der Waals surface area contributed by atoms with Crippen molar-refractivity contribution in [3.05, 3.63) is 59.7 Å². The highest BCUT2D eigenvalue weighted by molar-refractivity contribution is 5.76. The second-order valence-corrected chi connectivity index (χ2v) is 5.70. The number of carbonyl (C=O) groups is 2. The largest absolute Gasteiger partial charge is 0.481 e. The van der Waals surface area contributed by atoms with Crippen LogP contribution in [-0.4, -0.2) is 17.0 Å². The average Bonchev–Trinajstić information content (AvgIpc) is 2.59. The number of aliphatic carboxylic acids is 1. The number of benzene rings is 2. The van der Waals surface area contributed by atoms with Gasteiger partial charge in [0.15, 0.2) is 0 Å². The third kappa shape index (κ3) is 5.54. The van der Waals surface area contributed by atoms with E-state index in [4.69, 9.17) is 9.84 Å². The van der Waals surface area contributed by atoms with Gasteiger partial charge in [0, 0.05) is 0 Å². The van der Waals surface area contributed by atoms with E-state index in [9.17, 15) is 9.59 Å². The second kappa shape index (κ2) is 8.87. The first-order valence-corrected chi connectivity index (χ1v) is 8.14. The summed E-state index contributed by atoms with van der Waals surface area (Å²) < 4.78 is 5.06. The molecule has 24 heavy (non-hydrogen) atoms. The van der Waals surface area contributed by atoms with E-state index in [0.717, 1.165) is 29.5 Å². The van der Waals surface area contributed by atoms with Crippen LogP contribution in [0.2, 0.25) is 0 Å². The Labute approximate surface area is 142 Å². The monoisotopic (exact) mass is 326 g/mol. The van der Waals surface area contributed by atoms with E-state index in [1.807, 2.05) is 24.3 Å². The predicted molar refractivity (Wildman–Crippen MR) is 92.5 cm³/mol. The number of rotatable bonds is 8. The van der Waals surface area contributed by atoms with E-state index in [1.54, 1.807) is 0 Å². The molecule has 0 spiro atoms. The van der Waals surface area contributed by atoms with Crippen LogP contribution < -0.4 is 0 Å². The summed E-state index contributed by atoms with van der Waals surface area (Å²) in [6.45, 7) is 2.33. The van der Waals surface area contributed by atoms with Crippen molar-refractivity contribution in [1.29, 1.82) is 0 Å². The van der Waals surface area contributed by atoms with Crippen LogP contribution in [0.1, 0.15) is 37.3 Å². The molecule has 1 N–H and O–H groups in total. The van der Waals surface area contributed by atoms with E-state index < -0.39 is 11.9 Å². The lowest BCUT2D eigenvalue weighted by molar-refractivity contribution is -0.148. The zero-order valence-corrected chi connectivity index (χ0v) is 13.8. The average molecular weight is 326 g/mol. The van der Waals surface area contributed by atoms with Gasteiger partial charge in [0.2, 0.25) is 0 Å². The van der Waals surface area contributed by atoms with Gasteiger partial charge in [-0.25, -0.2) is 0 Å². The fraction of sp³-hybridized carbons (Fsp3) is 0.300. The van der Waals surface area contributed by atoms with E-state index in [1.165, 1.54) is 5.56 Å². The molecule has 0 aliphatic rings. The minimum atomic E-state index is -0.999. The molecule has 0 radical (unpaired) electrons. The highest BCUT2D eigenvalue weighted by atomic mass is 16.5. The van der Waals surface area contributed by atoms with Gasteiger partial charge < -0.3 is 9.84 Å². The molecule has 0 saturated carbocycles. The minimum absolute atomic E-state index is 0.0997. The maximum atomic E-state index is 11.4. The molecule has 4 nitrogen and oxygen atoms in total. The fourth-order valence-electron chi connectivity index (χ4n) is 2.39. The number of esters is 1. The molecular formula is C20H22O4. The lowest BCUT2D eigenvalue weighted by atomic mass is 10.0. The summed E-state index contributed by atoms with van der Waals surface area (Å²) in [5, 5.41) is 8.53. The summed E-state index contributed by atoms with van der Waals surface area (Å²) in [6.07, 6.45) is 1.93. The fourth-order valence-corrected chi connectivity index (χ4v) is 2.39. The summed E-state index contributed by atoms with van der Waals surface area (Å²) in [5.74, 6) is -1.49. The Balaban J connectivity index is 1.90. The number of hydrogen-bond acceptors (Lipinski definition) is 3. The van der Waals surface area contributed by atoms with Crippen LogP contribution in [0.4, 0.5) is 0 Å². The lowest BCUT2D eigenvalue weighted by Crippen LogP contribution is -2.07. The van der Waals surface area contributed by atoms with E-state index in [0.29, 0.717) is 0 Å². The van der Waals surface area contributed by atoms with Gasteiger partial charge in [-0.2, -0.15) is 0 Å². The van der Waals surface area contributed by atoms with Gasteiger partial charge in [0.25, 0.3) is 0 Å². The van der Waals surface area contributed by atoms with E-state index >= 15 is 0 Å². The van der Waals surface area contributed by atoms with Crippen molar-refractivity contribution in [3.63, 3.8) is 0 Å². The SMILES string of the molecule is CCCc1ccc(-c2ccc(COC(=O)CCC(=O)O)cc2)cc1. The van der Waals surface area contributed by atoms with Crippen LogP contribution in [0.15, 0.2) is 48.5 Å². The number of ether oxygens (including phenoxy) is 1. The van der Waals surface area contributed by atoms with Crippen LogP contribution in [0.25, 0.3) is 11.1 Å². The molecule has 0 aliphatic carbocycles. The van der Waals surface area contributed by atoms with Crippen LogP contribution in [0.3, 0.4) is 0 Å². The Kier molecular flexibility index (Phi) is 6.55. The molecule has 0 amide bonds. The van der Waals surface area contributed by atoms with Gasteiger partial charge >= 0.3 is 11.9 Å². The highest BCUT2D eigenvalue weighted by Crippen LogP contribution is 2.21. The van der Waals surface area contributed by atoms with Crippen molar-refractivity contribution in [2.45, 2.75) is 39.2 Å². The van der Waals surface area contributed by atoms with Gasteiger partial charge in [-0.15, -0.1) is 0 Å². The Bertz CT molecular complexity index is 672. The van der Waals surface area contributed by atoms with Crippen LogP contribution >= 0.6 is 0 Å². The normalized spacial score (nSPS) is 10.4. The van der Waals surface area contributed by atoms with Crippen molar-refractivity contribution in [3.8, 4) is 11.1 Å². The third-order valence-electron chi connectivity index (χ3n) is 3.72. The van der Waals surface area contributed by atoms with Crippen LogP contribution in [0.5, 0.6) is 0 Å². The molecule has 126 valence electrons. The number of carbonyl (C=O) groups excluding carboxylic acids is 1. The van der Waals surface area contributed by atoms with Crippen LogP contribution in [0, 0.1) is 0 Å². The molecule has 0 saturated heterocycles. The summed E-state index contributed by atoms with van der Waals surface area (Å²) in [4.78, 5) is 21.8. The zero-order valence-electron chi connectivity index (χ0n) is 13.8. The maximum Gasteiger partial charge on any atom is 0.306 e. The molecule has 2 aromatic rings. The Hall–Kier alpha value is -2.62. The first-order chi connectivity index (χ1) is 11.6. The summed E-state index contributed by atoms with van der Waals surface area (Å²) in [7, 11) is 0. The van der Waals surface area contributed by atoms with Crippen molar-refractivity contribution in [2.24, 2.45) is 0 Å². The maximum absolute atomic E-state index is 11.4. The lowest BCUT2D eigenvalue weighted by Gasteiger charge is -2.07. The van der Waals surface area contributed by atoms with Gasteiger partial charge in [-0.05, 0) is 28.7 Å². The standard InChI is InChI=1S/C20H22O4/c1-2-3-15-4-8-17(9-5-15)18-10-6-16(7-11-18)14-24-20(23)13-12-19(21)22/h4-11H,2-3,12-14H2,1H3,(H,21,22). The Morgan fingerprint density at radius 2 is 1.42 bits per heavy atom. The first-order valence-electron chi connectivity index (χ1n) is 8.14. The molecule has 0 bridgehead atoms. The molecule has 0 heterocycles. The molecule has 0 unspecified atom stereocenters. The smallest absolute Gasteiger partial charge is 0.306 e. The van der Waals surface area contributed by atoms with Gasteiger partial charge in [-0.1, -0.05) is 61.9 Å². The first kappa shape index (κ1) is 17.7. The summed E-state index contributed by atoms with van der Waals surface area (Å²) in [5.41, 5.74) is 4.48. The second-order valence-electron chi connectivity index (χ2n) is 5.70. The molecular weight excluding hydrogens is 304 g/mol. The number of carboxylic acids is 1. The molecule has 2 rings (SSSR count). The summed E-state index contributed by atoms with van der Waals surface area (Å²) in [6, 6.07) is 16.4. The van der Waals surface area contributed by atoms with Crippen molar-refractivity contribution < 1.29 is 19.4 Å². The number of carboxylic acid groups (broad SMARTS) is 1. The highest BCUT2D eigenvalue weighted by Gasteiger charge is 2.07. The minimum Gasteiger partial charge on any atom is -0.481 e. The molecule has 4 heteroatoms. The Morgan fingerprint density at radius 1 is 0.875 bits per heavy atom. The number of aryl methyl sites for hydroxylation is 1. The van der Waals surface area contributed by atoms with Gasteiger partial charge in [0.1, 0.15) is 6.61 Å². The van der Waals surface area contributed by atoms with E-state index in [2.05, 4.69) is 31.2 Å². The summed E-state index contributed by atoms with van der Waals surface area (Å²) >= 11 is 0. The molecule has 0 fully saturated rings. The number of hydrogen-bond donors (Lipinski definition) is 1. The molecule has 0 aliphatic heterocycles. The molecule has 0 atom stereocenters. The molecule has 2 aromatic carbocycles. The third-order valence-corrected chi connectivity index (χ3v) is 3.72. The topological polar surface area (TPSA) is 63.6 Å². The van der Waals surface area contributed by atoms with Gasteiger partial charge in [-0.3, -0.25) is 9.59 Å². The van der Waals surface area contributed by atoms with Crippen molar-refractivity contribution in [2.75, 3.05) is 0 Å².